The Morgan fingerprint density at radius 3 is 2.39 bits per heavy atom. The summed E-state index contributed by atoms with van der Waals surface area (Å²) < 4.78 is 12.2. The Morgan fingerprint density at radius 1 is 1.17 bits per heavy atom. The van der Waals surface area contributed by atoms with Crippen LogP contribution in [0.1, 0.15) is 33.6 Å². The summed E-state index contributed by atoms with van der Waals surface area (Å²) in [6, 6.07) is 10.1. The van der Waals surface area contributed by atoms with Crippen molar-refractivity contribution in [3.05, 3.63) is 30.3 Å². The van der Waals surface area contributed by atoms with E-state index < -0.39 is 10.8 Å². The third-order valence-electron chi connectivity index (χ3n) is 2.94. The van der Waals surface area contributed by atoms with Gasteiger partial charge in [0.05, 0.1) is 10.8 Å². The van der Waals surface area contributed by atoms with Crippen molar-refractivity contribution in [2.75, 3.05) is 12.3 Å². The molecule has 2 atom stereocenters. The molecule has 0 fully saturated rings. The largest absolute Gasteiger partial charge is 0.313 e. The second-order valence-electron chi connectivity index (χ2n) is 5.05. The normalized spacial score (nSPS) is 14.7. The quantitative estimate of drug-likeness (QED) is 0.783. The lowest BCUT2D eigenvalue weighted by molar-refractivity contribution is 0.461. The summed E-state index contributed by atoms with van der Waals surface area (Å²) in [5, 5.41) is 3.45. The van der Waals surface area contributed by atoms with E-state index >= 15 is 0 Å². The lowest BCUT2D eigenvalue weighted by atomic mass is 10.0. The molecule has 0 saturated heterocycles. The Bertz CT molecular complexity index is 351. The standard InChI is InChI=1S/C15H25NOS/c1-4-16-14(11-10-13(2)3)12-18(17)15-8-6-5-7-9-15/h5-9,13-14,16H,4,10-12H2,1-3H3. The van der Waals surface area contributed by atoms with Crippen molar-refractivity contribution in [2.45, 2.75) is 44.6 Å². The molecule has 2 unspecified atom stereocenters. The molecule has 1 N–H and O–H groups in total. The fraction of sp³-hybridized carbons (Fsp3) is 0.600. The van der Waals surface area contributed by atoms with Gasteiger partial charge in [0.1, 0.15) is 0 Å². The zero-order valence-corrected chi connectivity index (χ0v) is 12.5. The van der Waals surface area contributed by atoms with E-state index in [4.69, 9.17) is 0 Å². The fourth-order valence-electron chi connectivity index (χ4n) is 1.92. The first-order valence-corrected chi connectivity index (χ1v) is 8.12. The minimum absolute atomic E-state index is 0.360. The molecule has 0 bridgehead atoms. The van der Waals surface area contributed by atoms with Crippen LogP contribution in [0.2, 0.25) is 0 Å². The molecule has 0 radical (unpaired) electrons. The van der Waals surface area contributed by atoms with Crippen LogP contribution in [0.15, 0.2) is 35.2 Å². The van der Waals surface area contributed by atoms with Gasteiger partial charge in [0.2, 0.25) is 0 Å². The number of hydrogen-bond acceptors (Lipinski definition) is 2. The lowest BCUT2D eigenvalue weighted by Gasteiger charge is -2.18. The van der Waals surface area contributed by atoms with Crippen LogP contribution < -0.4 is 5.32 Å². The van der Waals surface area contributed by atoms with Gasteiger partial charge in [-0.1, -0.05) is 39.0 Å². The van der Waals surface area contributed by atoms with E-state index in [0.717, 1.165) is 17.9 Å². The van der Waals surface area contributed by atoms with Crippen LogP contribution in [0.25, 0.3) is 0 Å². The molecule has 1 rings (SSSR count). The molecule has 0 amide bonds. The minimum Gasteiger partial charge on any atom is -0.313 e. The van der Waals surface area contributed by atoms with Crippen molar-refractivity contribution in [2.24, 2.45) is 5.92 Å². The van der Waals surface area contributed by atoms with E-state index in [9.17, 15) is 4.21 Å². The molecular formula is C15H25NOS. The Labute approximate surface area is 114 Å². The lowest BCUT2D eigenvalue weighted by Crippen LogP contribution is -2.34. The average molecular weight is 267 g/mol. The highest BCUT2D eigenvalue weighted by Gasteiger charge is 2.13. The van der Waals surface area contributed by atoms with Gasteiger partial charge in [0.15, 0.2) is 0 Å². The zero-order valence-electron chi connectivity index (χ0n) is 11.7. The summed E-state index contributed by atoms with van der Waals surface area (Å²) in [5.41, 5.74) is 0. The summed E-state index contributed by atoms with van der Waals surface area (Å²) in [4.78, 5) is 0.935. The van der Waals surface area contributed by atoms with Crippen molar-refractivity contribution < 1.29 is 4.21 Å². The third-order valence-corrected chi connectivity index (χ3v) is 4.45. The van der Waals surface area contributed by atoms with Crippen molar-refractivity contribution in [1.29, 1.82) is 0 Å². The van der Waals surface area contributed by atoms with Crippen molar-refractivity contribution in [3.63, 3.8) is 0 Å². The van der Waals surface area contributed by atoms with Crippen LogP contribution >= 0.6 is 0 Å². The van der Waals surface area contributed by atoms with Gasteiger partial charge < -0.3 is 5.32 Å². The number of benzene rings is 1. The van der Waals surface area contributed by atoms with Crippen molar-refractivity contribution in [1.82, 2.24) is 5.32 Å². The monoisotopic (exact) mass is 267 g/mol. The highest BCUT2D eigenvalue weighted by molar-refractivity contribution is 7.85. The molecule has 0 aromatic heterocycles. The second kappa shape index (κ2) is 8.44. The highest BCUT2D eigenvalue weighted by atomic mass is 32.2. The third kappa shape index (κ3) is 5.78. The number of hydrogen-bond donors (Lipinski definition) is 1. The van der Waals surface area contributed by atoms with Gasteiger partial charge in [0, 0.05) is 16.7 Å². The first kappa shape index (κ1) is 15.4. The predicted molar refractivity (Wildman–Crippen MR) is 79.3 cm³/mol. The molecule has 2 nitrogen and oxygen atoms in total. The Morgan fingerprint density at radius 2 is 1.83 bits per heavy atom. The molecule has 0 aliphatic heterocycles. The summed E-state index contributed by atoms with van der Waals surface area (Å²) in [6.07, 6.45) is 2.29. The van der Waals surface area contributed by atoms with Gasteiger partial charge in [-0.15, -0.1) is 0 Å². The van der Waals surface area contributed by atoms with E-state index in [-0.39, 0.29) is 0 Å². The first-order chi connectivity index (χ1) is 8.63. The molecule has 3 heteroatoms. The molecule has 1 aromatic rings. The van der Waals surface area contributed by atoms with E-state index in [1.807, 2.05) is 30.3 Å². The van der Waals surface area contributed by atoms with E-state index in [1.54, 1.807) is 0 Å². The number of nitrogens with one attached hydrogen (secondary N) is 1. The van der Waals surface area contributed by atoms with Gasteiger partial charge in [-0.25, -0.2) is 0 Å². The molecule has 0 heterocycles. The Kier molecular flexibility index (Phi) is 7.21. The topological polar surface area (TPSA) is 29.1 Å². The second-order valence-corrected chi connectivity index (χ2v) is 6.55. The molecule has 0 aliphatic rings. The minimum atomic E-state index is -0.892. The first-order valence-electron chi connectivity index (χ1n) is 6.80. The molecule has 102 valence electrons. The SMILES string of the molecule is CCNC(CCC(C)C)CS(=O)c1ccccc1. The maximum atomic E-state index is 12.2. The van der Waals surface area contributed by atoms with Crippen molar-refractivity contribution in [3.8, 4) is 0 Å². The molecule has 1 aromatic carbocycles. The van der Waals surface area contributed by atoms with Crippen LogP contribution in [0.4, 0.5) is 0 Å². The van der Waals surface area contributed by atoms with Crippen LogP contribution in [-0.4, -0.2) is 22.5 Å². The average Bonchev–Trinajstić information content (AvgIpc) is 2.37. The van der Waals surface area contributed by atoms with Crippen LogP contribution in [0.5, 0.6) is 0 Å². The summed E-state index contributed by atoms with van der Waals surface area (Å²) in [6.45, 7) is 7.51. The van der Waals surface area contributed by atoms with Gasteiger partial charge in [-0.3, -0.25) is 4.21 Å². The molecule has 0 aliphatic carbocycles. The van der Waals surface area contributed by atoms with E-state index in [0.29, 0.717) is 17.7 Å². The maximum absolute atomic E-state index is 12.2. The summed E-state index contributed by atoms with van der Waals surface area (Å²) in [5.74, 6) is 1.42. The number of rotatable bonds is 8. The zero-order chi connectivity index (χ0) is 13.4. The summed E-state index contributed by atoms with van der Waals surface area (Å²) in [7, 11) is -0.892. The van der Waals surface area contributed by atoms with E-state index in [1.165, 1.54) is 6.42 Å². The molecule has 18 heavy (non-hydrogen) atoms. The highest BCUT2D eigenvalue weighted by Crippen LogP contribution is 2.12. The summed E-state index contributed by atoms with van der Waals surface area (Å²) >= 11 is 0. The smallest absolute Gasteiger partial charge is 0.0545 e. The maximum Gasteiger partial charge on any atom is 0.0545 e. The fourth-order valence-corrected chi connectivity index (χ4v) is 3.22. The van der Waals surface area contributed by atoms with Crippen LogP contribution in [0, 0.1) is 5.92 Å². The van der Waals surface area contributed by atoms with E-state index in [2.05, 4.69) is 26.1 Å². The molecule has 0 spiro atoms. The van der Waals surface area contributed by atoms with Crippen LogP contribution in [0.3, 0.4) is 0 Å². The van der Waals surface area contributed by atoms with Gasteiger partial charge in [-0.2, -0.15) is 0 Å². The van der Waals surface area contributed by atoms with Crippen molar-refractivity contribution >= 4 is 10.8 Å². The van der Waals surface area contributed by atoms with Gasteiger partial charge in [-0.05, 0) is 37.4 Å². The molecular weight excluding hydrogens is 242 g/mol. The van der Waals surface area contributed by atoms with Crippen LogP contribution in [-0.2, 0) is 10.8 Å². The Balaban J connectivity index is 2.52. The Hall–Kier alpha value is -0.670. The van der Waals surface area contributed by atoms with Gasteiger partial charge >= 0.3 is 0 Å². The van der Waals surface area contributed by atoms with Gasteiger partial charge in [0.25, 0.3) is 0 Å². The molecule has 0 saturated carbocycles. The predicted octanol–water partition coefficient (Wildman–Crippen LogP) is 3.21.